The molecule has 2 aromatic carbocycles. The van der Waals surface area contributed by atoms with E-state index in [1.54, 1.807) is 12.1 Å². The Balaban J connectivity index is 1.62. The second kappa shape index (κ2) is 7.40. The van der Waals surface area contributed by atoms with E-state index < -0.39 is 5.97 Å². The van der Waals surface area contributed by atoms with Crippen LogP contribution >= 0.6 is 0 Å². The number of carbonyl (C=O) groups excluding carboxylic acids is 1. The highest BCUT2D eigenvalue weighted by atomic mass is 16.6. The van der Waals surface area contributed by atoms with E-state index in [1.807, 2.05) is 61.5 Å². The van der Waals surface area contributed by atoms with Crippen molar-refractivity contribution >= 4 is 23.2 Å². The van der Waals surface area contributed by atoms with Crippen LogP contribution in [0.2, 0.25) is 0 Å². The Morgan fingerprint density at radius 1 is 0.967 bits per heavy atom. The molecule has 0 saturated heterocycles. The predicted octanol–water partition coefficient (Wildman–Crippen LogP) is 4.83. The minimum absolute atomic E-state index is 0.146. The molecule has 0 atom stereocenters. The van der Waals surface area contributed by atoms with Crippen molar-refractivity contribution in [2.24, 2.45) is 4.99 Å². The van der Waals surface area contributed by atoms with Crippen LogP contribution in [0.3, 0.4) is 0 Å². The number of aliphatic imine (C=N–C) groups is 1. The van der Waals surface area contributed by atoms with Gasteiger partial charge in [-0.2, -0.15) is 0 Å². The van der Waals surface area contributed by atoms with Crippen LogP contribution in [-0.4, -0.2) is 18.5 Å². The van der Waals surface area contributed by atoms with Crippen LogP contribution in [0.5, 0.6) is 11.5 Å². The second-order valence-corrected chi connectivity index (χ2v) is 6.61. The molecule has 148 valence electrons. The molecule has 0 saturated carbocycles. The molecule has 2 aliphatic heterocycles. The van der Waals surface area contributed by atoms with Crippen molar-refractivity contribution in [3.8, 4) is 11.5 Å². The Morgan fingerprint density at radius 2 is 1.80 bits per heavy atom. The van der Waals surface area contributed by atoms with Crippen LogP contribution in [0.25, 0.3) is 11.3 Å². The molecular weight excluding hydrogens is 382 g/mol. The van der Waals surface area contributed by atoms with Crippen molar-refractivity contribution in [3.05, 3.63) is 95.6 Å². The van der Waals surface area contributed by atoms with Gasteiger partial charge in [-0.25, -0.2) is 9.79 Å². The van der Waals surface area contributed by atoms with E-state index in [0.29, 0.717) is 29.4 Å². The van der Waals surface area contributed by atoms with Gasteiger partial charge < -0.3 is 18.6 Å². The number of fused-ring (bicyclic) bond motifs is 1. The zero-order valence-corrected chi connectivity index (χ0v) is 16.1. The van der Waals surface area contributed by atoms with E-state index >= 15 is 0 Å². The molecule has 0 radical (unpaired) electrons. The number of allylic oxidation sites excluding steroid dienone is 2. The molecule has 3 heterocycles. The number of furan rings is 1. The van der Waals surface area contributed by atoms with Crippen LogP contribution in [0.1, 0.15) is 23.8 Å². The highest BCUT2D eigenvalue weighted by molar-refractivity contribution is 6.15. The standard InChI is InChI=1S/C24H17NO5/c1-2-27-16-11-9-15(10-12-16)21-14-18(17-6-3-4-7-19(17)29-21)22-24(26)30-23(25-22)20-8-5-13-28-20/h3-14H,2H2,1H3. The van der Waals surface area contributed by atoms with Crippen LogP contribution in [0, 0.1) is 0 Å². The van der Waals surface area contributed by atoms with Crippen LogP contribution in [0.4, 0.5) is 0 Å². The summed E-state index contributed by atoms with van der Waals surface area (Å²) in [4.78, 5) is 17.0. The van der Waals surface area contributed by atoms with Crippen molar-refractivity contribution in [3.63, 3.8) is 0 Å². The fourth-order valence-corrected chi connectivity index (χ4v) is 3.34. The van der Waals surface area contributed by atoms with Crippen LogP contribution in [0.15, 0.2) is 88.1 Å². The van der Waals surface area contributed by atoms with E-state index in [0.717, 1.165) is 16.9 Å². The summed E-state index contributed by atoms with van der Waals surface area (Å²) in [6.07, 6.45) is 3.31. The van der Waals surface area contributed by atoms with Crippen LogP contribution < -0.4 is 9.47 Å². The molecule has 30 heavy (non-hydrogen) atoms. The van der Waals surface area contributed by atoms with Crippen molar-refractivity contribution < 1.29 is 23.4 Å². The maximum Gasteiger partial charge on any atom is 0.364 e. The number of cyclic esters (lactones) is 1. The third-order valence-electron chi connectivity index (χ3n) is 4.71. The zero-order valence-electron chi connectivity index (χ0n) is 16.1. The van der Waals surface area contributed by atoms with E-state index in [9.17, 15) is 4.79 Å². The lowest BCUT2D eigenvalue weighted by atomic mass is 9.97. The van der Waals surface area contributed by atoms with Gasteiger partial charge in [0.2, 0.25) is 0 Å². The van der Waals surface area contributed by atoms with E-state index in [-0.39, 0.29) is 11.6 Å². The first-order valence-electron chi connectivity index (χ1n) is 9.54. The molecule has 6 heteroatoms. The van der Waals surface area contributed by atoms with Gasteiger partial charge in [-0.05, 0) is 55.5 Å². The van der Waals surface area contributed by atoms with Crippen LogP contribution in [-0.2, 0) is 9.53 Å². The summed E-state index contributed by atoms with van der Waals surface area (Å²) in [7, 11) is 0. The van der Waals surface area contributed by atoms with Gasteiger partial charge in [-0.1, -0.05) is 18.2 Å². The summed E-state index contributed by atoms with van der Waals surface area (Å²) in [6.45, 7) is 2.54. The minimum Gasteiger partial charge on any atom is -0.494 e. The summed E-state index contributed by atoms with van der Waals surface area (Å²) < 4.78 is 22.3. The molecule has 1 aromatic heterocycles. The van der Waals surface area contributed by atoms with Gasteiger partial charge in [0, 0.05) is 16.7 Å². The molecule has 0 bridgehead atoms. The first kappa shape index (κ1) is 18.0. The van der Waals surface area contributed by atoms with Crippen molar-refractivity contribution in [2.75, 3.05) is 6.61 Å². The maximum atomic E-state index is 12.6. The normalized spacial score (nSPS) is 17.6. The number of hydrogen-bond donors (Lipinski definition) is 0. The van der Waals surface area contributed by atoms with E-state index in [4.69, 9.17) is 18.6 Å². The topological polar surface area (TPSA) is 70.3 Å². The lowest BCUT2D eigenvalue weighted by Gasteiger charge is -2.20. The first-order valence-corrected chi connectivity index (χ1v) is 9.54. The number of rotatable bonds is 4. The van der Waals surface area contributed by atoms with Crippen molar-refractivity contribution in [1.82, 2.24) is 0 Å². The fourth-order valence-electron chi connectivity index (χ4n) is 3.34. The fraction of sp³-hybridized carbons (Fsp3) is 0.0833. The monoisotopic (exact) mass is 399 g/mol. The average Bonchev–Trinajstić information content (AvgIpc) is 3.44. The summed E-state index contributed by atoms with van der Waals surface area (Å²) in [6, 6.07) is 18.5. The smallest absolute Gasteiger partial charge is 0.364 e. The third kappa shape index (κ3) is 3.18. The first-order chi connectivity index (χ1) is 14.7. The van der Waals surface area contributed by atoms with Gasteiger partial charge in [0.05, 0.1) is 12.9 Å². The Hall–Kier alpha value is -4.06. The minimum atomic E-state index is -0.532. The summed E-state index contributed by atoms with van der Waals surface area (Å²) in [5, 5.41) is 0. The summed E-state index contributed by atoms with van der Waals surface area (Å²) in [5.41, 5.74) is 2.46. The zero-order chi connectivity index (χ0) is 20.5. The molecule has 2 aliphatic rings. The number of para-hydroxylation sites is 1. The summed E-state index contributed by atoms with van der Waals surface area (Å²) >= 11 is 0. The van der Waals surface area contributed by atoms with Gasteiger partial charge in [0.25, 0.3) is 5.90 Å². The molecule has 0 amide bonds. The van der Waals surface area contributed by atoms with Gasteiger partial charge >= 0.3 is 5.97 Å². The van der Waals surface area contributed by atoms with E-state index in [2.05, 4.69) is 4.99 Å². The third-order valence-corrected chi connectivity index (χ3v) is 4.71. The molecule has 0 N–H and O–H groups in total. The maximum absolute atomic E-state index is 12.6. The quantitative estimate of drug-likeness (QED) is 0.464. The molecule has 0 aliphatic carbocycles. The summed E-state index contributed by atoms with van der Waals surface area (Å²) in [5.74, 6) is 2.04. The lowest BCUT2D eigenvalue weighted by Crippen LogP contribution is -2.08. The van der Waals surface area contributed by atoms with Gasteiger partial charge in [0.1, 0.15) is 17.3 Å². The number of esters is 1. The molecule has 0 fully saturated rings. The largest absolute Gasteiger partial charge is 0.494 e. The number of nitrogens with zero attached hydrogens (tertiary/aromatic N) is 1. The number of ether oxygens (including phenoxy) is 3. The number of benzene rings is 2. The Morgan fingerprint density at radius 3 is 2.57 bits per heavy atom. The Bertz CT molecular complexity index is 1200. The van der Waals surface area contributed by atoms with Gasteiger partial charge in [0.15, 0.2) is 11.5 Å². The van der Waals surface area contributed by atoms with Gasteiger partial charge in [-0.15, -0.1) is 0 Å². The lowest BCUT2D eigenvalue weighted by molar-refractivity contribution is -0.130. The average molecular weight is 399 g/mol. The molecule has 0 unspecified atom stereocenters. The highest BCUT2D eigenvalue weighted by Gasteiger charge is 2.31. The molecule has 0 spiro atoms. The number of carbonyl (C=O) groups is 1. The Kier molecular flexibility index (Phi) is 4.44. The number of hydrogen-bond acceptors (Lipinski definition) is 6. The second-order valence-electron chi connectivity index (χ2n) is 6.61. The van der Waals surface area contributed by atoms with Gasteiger partial charge in [-0.3, -0.25) is 0 Å². The van der Waals surface area contributed by atoms with Crippen molar-refractivity contribution in [2.45, 2.75) is 6.92 Å². The molecular formula is C24H17NO5. The van der Waals surface area contributed by atoms with E-state index in [1.165, 1.54) is 6.26 Å². The predicted molar refractivity (Wildman–Crippen MR) is 111 cm³/mol. The molecule has 5 rings (SSSR count). The Labute approximate surface area is 172 Å². The molecule has 3 aromatic rings. The van der Waals surface area contributed by atoms with Crippen molar-refractivity contribution in [1.29, 1.82) is 0 Å². The SMILES string of the molecule is CCOc1ccc(C2=CC(=C3N=C(c4ccco4)OC3=O)c3ccccc3O2)cc1. The molecule has 6 nitrogen and oxygen atoms in total. The highest BCUT2D eigenvalue weighted by Crippen LogP contribution is 2.40.